The van der Waals surface area contributed by atoms with Gasteiger partial charge in [0.05, 0.1) is 11.5 Å². The third-order valence-electron chi connectivity index (χ3n) is 2.93. The van der Waals surface area contributed by atoms with Crippen LogP contribution in [0.15, 0.2) is 48.5 Å². The average Bonchev–Trinajstić information content (AvgIpc) is 2.46. The standard InChI is InChI=1S/C15H16N2O3/c1-12-7-8-14(9-15(12)17(18)19)10-16-20-11-13-5-3-2-4-6-13/h2-9,16H,10-11H2,1H3. The molecular formula is C15H16N2O3. The van der Waals surface area contributed by atoms with Crippen molar-refractivity contribution in [1.82, 2.24) is 5.48 Å². The summed E-state index contributed by atoms with van der Waals surface area (Å²) in [6, 6.07) is 14.9. The zero-order chi connectivity index (χ0) is 14.4. The Kier molecular flexibility index (Phi) is 4.81. The largest absolute Gasteiger partial charge is 0.297 e. The predicted molar refractivity (Wildman–Crippen MR) is 75.9 cm³/mol. The van der Waals surface area contributed by atoms with Crippen LogP contribution < -0.4 is 5.48 Å². The first kappa shape index (κ1) is 14.2. The Hall–Kier alpha value is -2.24. The first-order valence-electron chi connectivity index (χ1n) is 6.29. The van der Waals surface area contributed by atoms with Crippen LogP contribution >= 0.6 is 0 Å². The van der Waals surface area contributed by atoms with Gasteiger partial charge in [0, 0.05) is 18.2 Å². The summed E-state index contributed by atoms with van der Waals surface area (Å²) in [5.74, 6) is 0. The molecule has 0 unspecified atom stereocenters. The first-order valence-corrected chi connectivity index (χ1v) is 6.29. The van der Waals surface area contributed by atoms with Gasteiger partial charge in [0.15, 0.2) is 0 Å². The van der Waals surface area contributed by atoms with E-state index < -0.39 is 0 Å². The van der Waals surface area contributed by atoms with Gasteiger partial charge in [-0.1, -0.05) is 42.5 Å². The Morgan fingerprint density at radius 3 is 2.60 bits per heavy atom. The molecule has 0 radical (unpaired) electrons. The molecule has 0 aliphatic heterocycles. The molecule has 5 heteroatoms. The highest BCUT2D eigenvalue weighted by Gasteiger charge is 2.10. The van der Waals surface area contributed by atoms with Crippen molar-refractivity contribution in [3.63, 3.8) is 0 Å². The zero-order valence-electron chi connectivity index (χ0n) is 11.2. The van der Waals surface area contributed by atoms with E-state index in [1.165, 1.54) is 0 Å². The fourth-order valence-corrected chi connectivity index (χ4v) is 1.80. The van der Waals surface area contributed by atoms with Gasteiger partial charge in [-0.05, 0) is 18.1 Å². The summed E-state index contributed by atoms with van der Waals surface area (Å²) in [5, 5.41) is 10.8. The van der Waals surface area contributed by atoms with Gasteiger partial charge in [-0.3, -0.25) is 15.0 Å². The molecule has 0 bridgehead atoms. The Labute approximate surface area is 117 Å². The van der Waals surface area contributed by atoms with Gasteiger partial charge < -0.3 is 0 Å². The highest BCUT2D eigenvalue weighted by atomic mass is 16.6. The Morgan fingerprint density at radius 1 is 1.15 bits per heavy atom. The number of benzene rings is 2. The van der Waals surface area contributed by atoms with E-state index in [4.69, 9.17) is 4.84 Å². The lowest BCUT2D eigenvalue weighted by atomic mass is 10.1. The SMILES string of the molecule is Cc1ccc(CNOCc2ccccc2)cc1[N+](=O)[O-]. The number of rotatable bonds is 6. The number of hydrogen-bond acceptors (Lipinski definition) is 4. The van der Waals surface area contributed by atoms with Crippen molar-refractivity contribution in [1.29, 1.82) is 0 Å². The minimum atomic E-state index is -0.371. The molecule has 20 heavy (non-hydrogen) atoms. The maximum Gasteiger partial charge on any atom is 0.272 e. The van der Waals surface area contributed by atoms with Crippen LogP contribution in [-0.2, 0) is 18.0 Å². The smallest absolute Gasteiger partial charge is 0.272 e. The van der Waals surface area contributed by atoms with Gasteiger partial charge in [0.2, 0.25) is 0 Å². The molecule has 104 valence electrons. The Balaban J connectivity index is 1.85. The highest BCUT2D eigenvalue weighted by Crippen LogP contribution is 2.19. The molecule has 0 heterocycles. The number of nitrogens with zero attached hydrogens (tertiary/aromatic N) is 1. The van der Waals surface area contributed by atoms with Crippen LogP contribution in [0.25, 0.3) is 0 Å². The summed E-state index contributed by atoms with van der Waals surface area (Å²) >= 11 is 0. The monoisotopic (exact) mass is 272 g/mol. The molecule has 0 atom stereocenters. The van der Waals surface area contributed by atoms with Crippen molar-refractivity contribution in [2.24, 2.45) is 0 Å². The third kappa shape index (κ3) is 3.88. The topological polar surface area (TPSA) is 64.4 Å². The van der Waals surface area contributed by atoms with Gasteiger partial charge >= 0.3 is 0 Å². The number of nitro benzene ring substituents is 1. The molecule has 2 aromatic rings. The van der Waals surface area contributed by atoms with Crippen molar-refractivity contribution in [2.75, 3.05) is 0 Å². The van der Waals surface area contributed by atoms with E-state index in [9.17, 15) is 10.1 Å². The molecule has 0 aliphatic carbocycles. The van der Waals surface area contributed by atoms with Crippen molar-refractivity contribution in [3.8, 4) is 0 Å². The van der Waals surface area contributed by atoms with E-state index in [0.29, 0.717) is 18.7 Å². The lowest BCUT2D eigenvalue weighted by Crippen LogP contribution is -2.14. The van der Waals surface area contributed by atoms with Crippen LogP contribution in [0.3, 0.4) is 0 Å². The minimum absolute atomic E-state index is 0.132. The van der Waals surface area contributed by atoms with E-state index in [2.05, 4.69) is 5.48 Å². The normalized spacial score (nSPS) is 10.4. The lowest BCUT2D eigenvalue weighted by molar-refractivity contribution is -0.385. The second-order valence-corrected chi connectivity index (χ2v) is 4.47. The number of hydrogen-bond donors (Lipinski definition) is 1. The zero-order valence-corrected chi connectivity index (χ0v) is 11.2. The summed E-state index contributed by atoms with van der Waals surface area (Å²) < 4.78 is 0. The van der Waals surface area contributed by atoms with Crippen molar-refractivity contribution < 1.29 is 9.76 Å². The van der Waals surface area contributed by atoms with Gasteiger partial charge in [-0.15, -0.1) is 0 Å². The summed E-state index contributed by atoms with van der Waals surface area (Å²) in [7, 11) is 0. The summed E-state index contributed by atoms with van der Waals surface area (Å²) in [5.41, 5.74) is 5.48. The molecule has 0 aliphatic rings. The van der Waals surface area contributed by atoms with Gasteiger partial charge in [-0.25, -0.2) is 0 Å². The molecule has 0 amide bonds. The maximum absolute atomic E-state index is 10.8. The molecule has 0 saturated heterocycles. The summed E-state index contributed by atoms with van der Waals surface area (Å²) in [6.45, 7) is 2.60. The quantitative estimate of drug-likeness (QED) is 0.498. The first-order chi connectivity index (χ1) is 9.66. The van der Waals surface area contributed by atoms with E-state index >= 15 is 0 Å². The number of nitro groups is 1. The number of hydroxylamine groups is 1. The van der Waals surface area contributed by atoms with Crippen molar-refractivity contribution in [2.45, 2.75) is 20.1 Å². The maximum atomic E-state index is 10.8. The highest BCUT2D eigenvalue weighted by molar-refractivity contribution is 5.42. The van der Waals surface area contributed by atoms with Crippen molar-refractivity contribution in [3.05, 3.63) is 75.3 Å². The van der Waals surface area contributed by atoms with Crippen LogP contribution in [0.2, 0.25) is 0 Å². The molecule has 2 rings (SSSR count). The Bertz CT molecular complexity index is 585. The fourth-order valence-electron chi connectivity index (χ4n) is 1.80. The van der Waals surface area contributed by atoms with Crippen LogP contribution in [0.1, 0.15) is 16.7 Å². The van der Waals surface area contributed by atoms with E-state index in [1.54, 1.807) is 19.1 Å². The molecule has 0 spiro atoms. The minimum Gasteiger partial charge on any atom is -0.297 e. The molecule has 5 nitrogen and oxygen atoms in total. The van der Waals surface area contributed by atoms with E-state index in [-0.39, 0.29) is 10.6 Å². The molecule has 0 saturated carbocycles. The molecule has 2 aromatic carbocycles. The predicted octanol–water partition coefficient (Wildman–Crippen LogP) is 3.12. The van der Waals surface area contributed by atoms with Gasteiger partial charge in [0.1, 0.15) is 0 Å². The number of nitrogens with one attached hydrogen (secondary N) is 1. The average molecular weight is 272 g/mol. The second kappa shape index (κ2) is 6.79. The molecule has 1 N–H and O–H groups in total. The van der Waals surface area contributed by atoms with Crippen LogP contribution in [-0.4, -0.2) is 4.92 Å². The fraction of sp³-hybridized carbons (Fsp3) is 0.200. The molecule has 0 fully saturated rings. The summed E-state index contributed by atoms with van der Waals surface area (Å²) in [6.07, 6.45) is 0. The van der Waals surface area contributed by atoms with Crippen molar-refractivity contribution >= 4 is 5.69 Å². The van der Waals surface area contributed by atoms with Crippen LogP contribution in [0.5, 0.6) is 0 Å². The Morgan fingerprint density at radius 2 is 1.90 bits per heavy atom. The van der Waals surface area contributed by atoms with Gasteiger partial charge in [-0.2, -0.15) is 5.48 Å². The summed E-state index contributed by atoms with van der Waals surface area (Å²) in [4.78, 5) is 15.8. The third-order valence-corrected chi connectivity index (χ3v) is 2.93. The van der Waals surface area contributed by atoms with Gasteiger partial charge in [0.25, 0.3) is 5.69 Å². The van der Waals surface area contributed by atoms with Crippen LogP contribution in [0, 0.1) is 17.0 Å². The van der Waals surface area contributed by atoms with E-state index in [0.717, 1.165) is 11.1 Å². The molecule has 0 aromatic heterocycles. The van der Waals surface area contributed by atoms with E-state index in [1.807, 2.05) is 36.4 Å². The lowest BCUT2D eigenvalue weighted by Gasteiger charge is -2.07. The molecular weight excluding hydrogens is 256 g/mol. The number of aryl methyl sites for hydroxylation is 1. The second-order valence-electron chi connectivity index (χ2n) is 4.47. The van der Waals surface area contributed by atoms with Crippen LogP contribution in [0.4, 0.5) is 5.69 Å².